The summed E-state index contributed by atoms with van der Waals surface area (Å²) in [5.41, 5.74) is 0. The zero-order valence-corrected chi connectivity index (χ0v) is 16.6. The number of alkyl halides is 3. The first-order chi connectivity index (χ1) is 13.6. The van der Waals surface area contributed by atoms with Crippen LogP contribution in [0.25, 0.3) is 0 Å². The molecule has 0 radical (unpaired) electrons. The maximum absolute atomic E-state index is 13.0. The molecule has 2 fully saturated rings. The lowest BCUT2D eigenvalue weighted by molar-refractivity contribution is -0.151. The number of piperidine rings is 1. The van der Waals surface area contributed by atoms with Crippen molar-refractivity contribution in [2.75, 3.05) is 45.8 Å². The fourth-order valence-electron chi connectivity index (χ4n) is 3.75. The fraction of sp³-hybridized carbons (Fsp3) is 0.611. The van der Waals surface area contributed by atoms with Gasteiger partial charge in [-0.2, -0.15) is 17.5 Å². The van der Waals surface area contributed by atoms with E-state index in [2.05, 4.69) is 0 Å². The van der Waals surface area contributed by atoms with Crippen molar-refractivity contribution in [1.29, 1.82) is 0 Å². The molecule has 6 nitrogen and oxygen atoms in total. The van der Waals surface area contributed by atoms with Crippen LogP contribution in [-0.2, 0) is 14.8 Å². The third-order valence-corrected chi connectivity index (χ3v) is 7.25. The van der Waals surface area contributed by atoms with Crippen LogP contribution in [0.2, 0.25) is 0 Å². The minimum Gasteiger partial charge on any atom is -0.340 e. The minimum absolute atomic E-state index is 0.00397. The summed E-state index contributed by atoms with van der Waals surface area (Å²) < 4.78 is 77.0. The average molecular weight is 437 g/mol. The van der Waals surface area contributed by atoms with E-state index >= 15 is 0 Å². The third kappa shape index (κ3) is 5.46. The molecule has 1 aromatic carbocycles. The number of benzene rings is 1. The third-order valence-electron chi connectivity index (χ3n) is 5.34. The SMILES string of the molecule is O=C(C1CCN(CC(F)(F)F)CC1)N1CCN(S(=O)(=O)c2ccc(F)cc2)CC1. The number of hydrogen-bond acceptors (Lipinski definition) is 4. The van der Waals surface area contributed by atoms with Gasteiger partial charge in [-0.15, -0.1) is 0 Å². The molecule has 0 atom stereocenters. The lowest BCUT2D eigenvalue weighted by Gasteiger charge is -2.38. The van der Waals surface area contributed by atoms with Crippen LogP contribution in [-0.4, -0.2) is 80.4 Å². The molecule has 11 heteroatoms. The van der Waals surface area contributed by atoms with E-state index in [1.54, 1.807) is 4.90 Å². The molecule has 0 aromatic heterocycles. The standard InChI is InChI=1S/C18H23F4N3O3S/c19-15-1-3-16(4-2-15)29(27,28)25-11-9-24(10-12-25)17(26)14-5-7-23(8-6-14)13-18(20,21)22/h1-4,14H,5-13H2. The highest BCUT2D eigenvalue weighted by Gasteiger charge is 2.36. The van der Waals surface area contributed by atoms with Crippen molar-refractivity contribution in [2.45, 2.75) is 23.9 Å². The molecular formula is C18H23F4N3O3S. The molecule has 2 heterocycles. The van der Waals surface area contributed by atoms with Gasteiger partial charge in [0.25, 0.3) is 0 Å². The molecule has 1 amide bonds. The first kappa shape index (κ1) is 22.0. The smallest absolute Gasteiger partial charge is 0.340 e. The summed E-state index contributed by atoms with van der Waals surface area (Å²) in [7, 11) is -3.76. The molecule has 0 unspecified atom stereocenters. The summed E-state index contributed by atoms with van der Waals surface area (Å²) in [5, 5.41) is 0. The van der Waals surface area contributed by atoms with Gasteiger partial charge in [0.05, 0.1) is 11.4 Å². The van der Waals surface area contributed by atoms with Gasteiger partial charge in [0, 0.05) is 32.1 Å². The zero-order valence-electron chi connectivity index (χ0n) is 15.7. The first-order valence-corrected chi connectivity index (χ1v) is 10.8. The van der Waals surface area contributed by atoms with Gasteiger partial charge in [0.2, 0.25) is 15.9 Å². The number of amides is 1. The number of nitrogens with zero attached hydrogens (tertiary/aromatic N) is 3. The number of carbonyl (C=O) groups is 1. The summed E-state index contributed by atoms with van der Waals surface area (Å²) in [5.74, 6) is -0.990. The van der Waals surface area contributed by atoms with Crippen molar-refractivity contribution in [3.8, 4) is 0 Å². The fourth-order valence-corrected chi connectivity index (χ4v) is 5.18. The molecule has 2 aliphatic heterocycles. The zero-order chi connectivity index (χ0) is 21.2. The monoisotopic (exact) mass is 437 g/mol. The van der Waals surface area contributed by atoms with E-state index in [1.165, 1.54) is 21.3 Å². The molecule has 0 saturated carbocycles. The predicted octanol–water partition coefficient (Wildman–Crippen LogP) is 1.93. The van der Waals surface area contributed by atoms with E-state index in [-0.39, 0.29) is 56.0 Å². The van der Waals surface area contributed by atoms with E-state index in [1.807, 2.05) is 0 Å². The van der Waals surface area contributed by atoms with Crippen molar-refractivity contribution in [3.63, 3.8) is 0 Å². The van der Waals surface area contributed by atoms with Gasteiger partial charge >= 0.3 is 6.18 Å². The van der Waals surface area contributed by atoms with E-state index in [0.717, 1.165) is 12.1 Å². The number of piperazine rings is 1. The summed E-state index contributed by atoms with van der Waals surface area (Å²) in [4.78, 5) is 15.6. The lowest BCUT2D eigenvalue weighted by Crippen LogP contribution is -2.53. The molecule has 0 N–H and O–H groups in total. The number of sulfonamides is 1. The van der Waals surface area contributed by atoms with Crippen molar-refractivity contribution in [1.82, 2.24) is 14.1 Å². The van der Waals surface area contributed by atoms with E-state index in [9.17, 15) is 30.8 Å². The second-order valence-corrected chi connectivity index (χ2v) is 9.29. The summed E-state index contributed by atoms with van der Waals surface area (Å²) in [6.07, 6.45) is -3.52. The summed E-state index contributed by atoms with van der Waals surface area (Å²) in [6.45, 7) is 0.165. The highest BCUT2D eigenvalue weighted by Crippen LogP contribution is 2.25. The molecule has 29 heavy (non-hydrogen) atoms. The van der Waals surface area contributed by atoms with Crippen molar-refractivity contribution in [3.05, 3.63) is 30.1 Å². The van der Waals surface area contributed by atoms with Crippen LogP contribution in [0.3, 0.4) is 0 Å². The normalized spacial score (nSPS) is 20.8. The highest BCUT2D eigenvalue weighted by atomic mass is 32.2. The maximum Gasteiger partial charge on any atom is 0.401 e. The van der Waals surface area contributed by atoms with E-state index in [4.69, 9.17) is 0 Å². The van der Waals surface area contributed by atoms with E-state index < -0.39 is 28.6 Å². The van der Waals surface area contributed by atoms with Gasteiger partial charge in [-0.3, -0.25) is 9.69 Å². The van der Waals surface area contributed by atoms with Crippen molar-refractivity contribution >= 4 is 15.9 Å². The van der Waals surface area contributed by atoms with Crippen molar-refractivity contribution in [2.24, 2.45) is 5.92 Å². The molecule has 2 aliphatic rings. The Labute approximate surface area is 167 Å². The average Bonchev–Trinajstić information content (AvgIpc) is 2.67. The van der Waals surface area contributed by atoms with Crippen LogP contribution in [0, 0.1) is 11.7 Å². The Bertz CT molecular complexity index is 814. The van der Waals surface area contributed by atoms with Gasteiger partial charge < -0.3 is 4.90 Å². The Morgan fingerprint density at radius 2 is 1.52 bits per heavy atom. The topological polar surface area (TPSA) is 60.9 Å². The van der Waals surface area contributed by atoms with Gasteiger partial charge in [0.1, 0.15) is 5.82 Å². The van der Waals surface area contributed by atoms with Gasteiger partial charge in [-0.25, -0.2) is 12.8 Å². The minimum atomic E-state index is -4.25. The van der Waals surface area contributed by atoms with Crippen LogP contribution in [0.4, 0.5) is 17.6 Å². The Morgan fingerprint density at radius 1 is 0.966 bits per heavy atom. The largest absolute Gasteiger partial charge is 0.401 e. The number of hydrogen-bond donors (Lipinski definition) is 0. The molecule has 0 bridgehead atoms. The van der Waals surface area contributed by atoms with E-state index in [0.29, 0.717) is 12.8 Å². The molecule has 162 valence electrons. The number of carbonyl (C=O) groups excluding carboxylic acids is 1. The molecule has 2 saturated heterocycles. The molecule has 1 aromatic rings. The van der Waals surface area contributed by atoms with Crippen molar-refractivity contribution < 1.29 is 30.8 Å². The summed E-state index contributed by atoms with van der Waals surface area (Å²) >= 11 is 0. The molecule has 3 rings (SSSR count). The number of likely N-dealkylation sites (tertiary alicyclic amines) is 1. The van der Waals surface area contributed by atoms with Crippen LogP contribution < -0.4 is 0 Å². The van der Waals surface area contributed by atoms with Crippen LogP contribution in [0.1, 0.15) is 12.8 Å². The van der Waals surface area contributed by atoms with Gasteiger partial charge in [-0.1, -0.05) is 0 Å². The first-order valence-electron chi connectivity index (χ1n) is 9.40. The second-order valence-electron chi connectivity index (χ2n) is 7.35. The Hall–Kier alpha value is -1.72. The van der Waals surface area contributed by atoms with Crippen LogP contribution >= 0.6 is 0 Å². The second kappa shape index (κ2) is 8.57. The number of rotatable bonds is 4. The number of halogens is 4. The highest BCUT2D eigenvalue weighted by molar-refractivity contribution is 7.89. The molecular weight excluding hydrogens is 414 g/mol. The van der Waals surface area contributed by atoms with Crippen LogP contribution in [0.15, 0.2) is 29.2 Å². The summed E-state index contributed by atoms with van der Waals surface area (Å²) in [6, 6.07) is 4.57. The molecule has 0 spiro atoms. The molecule has 0 aliphatic carbocycles. The predicted molar refractivity (Wildman–Crippen MR) is 97.0 cm³/mol. The maximum atomic E-state index is 13.0. The van der Waals surface area contributed by atoms with Gasteiger partial charge in [0.15, 0.2) is 0 Å². The Morgan fingerprint density at radius 3 is 2.03 bits per heavy atom. The van der Waals surface area contributed by atoms with Gasteiger partial charge in [-0.05, 0) is 50.2 Å². The Kier molecular flexibility index (Phi) is 6.49. The lowest BCUT2D eigenvalue weighted by atomic mass is 9.95. The Balaban J connectivity index is 1.52. The van der Waals surface area contributed by atoms with Crippen LogP contribution in [0.5, 0.6) is 0 Å². The quantitative estimate of drug-likeness (QED) is 0.676.